The van der Waals surface area contributed by atoms with Gasteiger partial charge in [0.25, 0.3) is 0 Å². The zero-order valence-corrected chi connectivity index (χ0v) is 18.8. The first kappa shape index (κ1) is 20.7. The Balaban J connectivity index is 1.43. The molecule has 0 aromatic carbocycles. The standard InChI is InChI=1S/C27H44O/c1-4-5-6-7-8-9-10-20-12-14-24-23-13-11-21-19-22(28)15-17-27(21,3)25(23)16-18-26(20,24)2/h11,13,20,22,24-25,28H,4-10,12,14-19H2,1-3H3/t20-,22-,24-,25-,26+,27-/m0/s1. The van der Waals surface area contributed by atoms with Gasteiger partial charge in [-0.05, 0) is 80.0 Å². The molecule has 1 heteroatoms. The minimum atomic E-state index is -0.101. The van der Waals surface area contributed by atoms with Crippen molar-refractivity contribution in [2.24, 2.45) is 28.6 Å². The van der Waals surface area contributed by atoms with Crippen LogP contribution in [0.2, 0.25) is 0 Å². The van der Waals surface area contributed by atoms with Crippen LogP contribution in [0.5, 0.6) is 0 Å². The smallest absolute Gasteiger partial charge is 0.0578 e. The van der Waals surface area contributed by atoms with E-state index in [1.54, 1.807) is 5.57 Å². The molecule has 0 amide bonds. The largest absolute Gasteiger partial charge is 0.393 e. The first-order valence-electron chi connectivity index (χ1n) is 12.6. The summed E-state index contributed by atoms with van der Waals surface area (Å²) in [5.74, 6) is 2.54. The predicted octanol–water partition coefficient (Wildman–Crippen LogP) is 7.60. The molecule has 0 unspecified atom stereocenters. The van der Waals surface area contributed by atoms with E-state index < -0.39 is 0 Å². The second-order valence-electron chi connectivity index (χ2n) is 11.2. The van der Waals surface area contributed by atoms with Crippen LogP contribution in [0.4, 0.5) is 0 Å². The van der Waals surface area contributed by atoms with Crippen molar-refractivity contribution >= 4 is 0 Å². The quantitative estimate of drug-likeness (QED) is 0.448. The van der Waals surface area contributed by atoms with Gasteiger partial charge in [0.2, 0.25) is 0 Å². The van der Waals surface area contributed by atoms with Gasteiger partial charge < -0.3 is 5.11 Å². The molecule has 0 aliphatic heterocycles. The number of hydrogen-bond acceptors (Lipinski definition) is 1. The van der Waals surface area contributed by atoms with Gasteiger partial charge in [-0.25, -0.2) is 0 Å². The summed E-state index contributed by atoms with van der Waals surface area (Å²) in [6, 6.07) is 0. The van der Waals surface area contributed by atoms with E-state index in [2.05, 4.69) is 32.9 Å². The van der Waals surface area contributed by atoms with Crippen molar-refractivity contribution < 1.29 is 5.11 Å². The second-order valence-corrected chi connectivity index (χ2v) is 11.2. The van der Waals surface area contributed by atoms with Crippen LogP contribution in [-0.4, -0.2) is 11.2 Å². The number of aliphatic hydroxyl groups is 1. The number of hydrogen-bond donors (Lipinski definition) is 1. The Hall–Kier alpha value is -0.560. The lowest BCUT2D eigenvalue weighted by molar-refractivity contribution is 0.0429. The van der Waals surface area contributed by atoms with Crippen LogP contribution >= 0.6 is 0 Å². The number of allylic oxidation sites excluding steroid dienone is 3. The van der Waals surface area contributed by atoms with Gasteiger partial charge in [0, 0.05) is 0 Å². The summed E-state index contributed by atoms with van der Waals surface area (Å²) < 4.78 is 0. The lowest BCUT2D eigenvalue weighted by atomic mass is 9.50. The van der Waals surface area contributed by atoms with Gasteiger partial charge in [-0.15, -0.1) is 0 Å². The molecule has 0 aromatic rings. The molecule has 28 heavy (non-hydrogen) atoms. The fourth-order valence-corrected chi connectivity index (χ4v) is 7.74. The maximum atomic E-state index is 10.2. The summed E-state index contributed by atoms with van der Waals surface area (Å²) in [5, 5.41) is 10.2. The van der Waals surface area contributed by atoms with Gasteiger partial charge >= 0.3 is 0 Å². The highest BCUT2D eigenvalue weighted by Crippen LogP contribution is 2.65. The van der Waals surface area contributed by atoms with Crippen LogP contribution in [0, 0.1) is 28.6 Å². The van der Waals surface area contributed by atoms with Crippen molar-refractivity contribution in [3.63, 3.8) is 0 Å². The van der Waals surface area contributed by atoms with Gasteiger partial charge in [-0.3, -0.25) is 0 Å². The Morgan fingerprint density at radius 2 is 1.68 bits per heavy atom. The molecule has 1 nitrogen and oxygen atoms in total. The Labute approximate surface area is 174 Å². The molecule has 0 spiro atoms. The predicted molar refractivity (Wildman–Crippen MR) is 119 cm³/mol. The van der Waals surface area contributed by atoms with Crippen molar-refractivity contribution in [3.8, 4) is 0 Å². The van der Waals surface area contributed by atoms with Gasteiger partial charge in [0.15, 0.2) is 0 Å². The van der Waals surface area contributed by atoms with E-state index in [1.165, 1.54) is 77.0 Å². The van der Waals surface area contributed by atoms with E-state index in [9.17, 15) is 5.11 Å². The average Bonchev–Trinajstić information content (AvgIpc) is 3.01. The number of unbranched alkanes of at least 4 members (excludes halogenated alkanes) is 5. The lowest BCUT2D eigenvalue weighted by Gasteiger charge is -2.54. The first-order chi connectivity index (χ1) is 13.5. The van der Waals surface area contributed by atoms with Crippen LogP contribution in [-0.2, 0) is 0 Å². The molecule has 4 rings (SSSR count). The molecule has 4 aliphatic rings. The lowest BCUT2D eigenvalue weighted by Crippen LogP contribution is -2.45. The maximum Gasteiger partial charge on any atom is 0.0578 e. The third kappa shape index (κ3) is 3.55. The van der Waals surface area contributed by atoms with E-state index in [-0.39, 0.29) is 6.10 Å². The molecule has 0 bridgehead atoms. The Morgan fingerprint density at radius 1 is 0.893 bits per heavy atom. The fourth-order valence-electron chi connectivity index (χ4n) is 7.74. The van der Waals surface area contributed by atoms with Gasteiger partial charge in [-0.2, -0.15) is 0 Å². The normalized spacial score (nSPS) is 42.3. The molecular weight excluding hydrogens is 340 g/mol. The zero-order valence-electron chi connectivity index (χ0n) is 18.8. The molecule has 4 aliphatic carbocycles. The second kappa shape index (κ2) is 8.29. The number of fused-ring (bicyclic) bond motifs is 5. The number of aliphatic hydroxyl groups excluding tert-OH is 1. The summed E-state index contributed by atoms with van der Waals surface area (Å²) in [7, 11) is 0. The summed E-state index contributed by atoms with van der Waals surface area (Å²) in [6.07, 6.45) is 23.7. The molecule has 6 atom stereocenters. The molecule has 0 radical (unpaired) electrons. The van der Waals surface area contributed by atoms with Crippen molar-refractivity contribution in [2.75, 3.05) is 0 Å². The van der Waals surface area contributed by atoms with Gasteiger partial charge in [-0.1, -0.05) is 82.6 Å². The summed E-state index contributed by atoms with van der Waals surface area (Å²) in [5.41, 5.74) is 4.25. The third-order valence-electron chi connectivity index (χ3n) is 9.65. The summed E-state index contributed by atoms with van der Waals surface area (Å²) in [4.78, 5) is 0. The van der Waals surface area contributed by atoms with Crippen molar-refractivity contribution in [1.82, 2.24) is 0 Å². The van der Waals surface area contributed by atoms with E-state index in [0.29, 0.717) is 10.8 Å². The van der Waals surface area contributed by atoms with E-state index in [0.717, 1.165) is 30.6 Å². The Morgan fingerprint density at radius 3 is 2.50 bits per heavy atom. The Bertz CT molecular complexity index is 616. The van der Waals surface area contributed by atoms with Crippen molar-refractivity contribution in [2.45, 2.75) is 117 Å². The summed E-state index contributed by atoms with van der Waals surface area (Å²) >= 11 is 0. The van der Waals surface area contributed by atoms with Crippen molar-refractivity contribution in [3.05, 3.63) is 23.3 Å². The topological polar surface area (TPSA) is 20.2 Å². The maximum absolute atomic E-state index is 10.2. The number of rotatable bonds is 7. The highest BCUT2D eigenvalue weighted by molar-refractivity contribution is 5.38. The molecule has 0 aromatic heterocycles. The first-order valence-corrected chi connectivity index (χ1v) is 12.6. The molecule has 3 saturated carbocycles. The average molecular weight is 385 g/mol. The van der Waals surface area contributed by atoms with Crippen LogP contribution in [0.25, 0.3) is 0 Å². The fraction of sp³-hybridized carbons (Fsp3) is 0.852. The van der Waals surface area contributed by atoms with Crippen LogP contribution in [0.1, 0.15) is 111 Å². The SMILES string of the molecule is CCCCCCCC[C@H]1CC[C@H]2C3=CC=C4C[C@@H](O)CC[C@]4(C)[C@H]3CC[C@]12C. The highest BCUT2D eigenvalue weighted by atomic mass is 16.3. The highest BCUT2D eigenvalue weighted by Gasteiger charge is 2.55. The minimum Gasteiger partial charge on any atom is -0.393 e. The minimum absolute atomic E-state index is 0.101. The zero-order chi connectivity index (χ0) is 19.8. The van der Waals surface area contributed by atoms with Crippen LogP contribution in [0.15, 0.2) is 23.3 Å². The third-order valence-corrected chi connectivity index (χ3v) is 9.65. The molecule has 0 saturated heterocycles. The summed E-state index contributed by atoms with van der Waals surface area (Å²) in [6.45, 7) is 7.48. The van der Waals surface area contributed by atoms with Crippen LogP contribution in [0.3, 0.4) is 0 Å². The van der Waals surface area contributed by atoms with Gasteiger partial charge in [0.1, 0.15) is 0 Å². The van der Waals surface area contributed by atoms with E-state index in [1.807, 2.05) is 5.57 Å². The van der Waals surface area contributed by atoms with E-state index in [4.69, 9.17) is 0 Å². The molecule has 1 N–H and O–H groups in total. The van der Waals surface area contributed by atoms with Gasteiger partial charge in [0.05, 0.1) is 6.10 Å². The van der Waals surface area contributed by atoms with E-state index >= 15 is 0 Å². The van der Waals surface area contributed by atoms with Crippen molar-refractivity contribution in [1.29, 1.82) is 0 Å². The Kier molecular flexibility index (Phi) is 6.13. The molecule has 158 valence electrons. The monoisotopic (exact) mass is 384 g/mol. The van der Waals surface area contributed by atoms with Crippen LogP contribution < -0.4 is 0 Å². The molecular formula is C27H44O. The molecule has 0 heterocycles. The molecule has 3 fully saturated rings.